The molecule has 4 aliphatic rings. The molecule has 0 aliphatic carbocycles. The lowest BCUT2D eigenvalue weighted by molar-refractivity contribution is -0.341. The van der Waals surface area contributed by atoms with Crippen molar-refractivity contribution in [2.24, 2.45) is 0 Å². The van der Waals surface area contributed by atoms with Gasteiger partial charge in [-0.1, -0.05) is 0 Å². The van der Waals surface area contributed by atoms with Crippen molar-refractivity contribution >= 4 is 0 Å². The van der Waals surface area contributed by atoms with Gasteiger partial charge < -0.3 is 57.6 Å². The Morgan fingerprint density at radius 2 is 0.925 bits per heavy atom. The fourth-order valence-corrected chi connectivity index (χ4v) is 6.37. The Kier molecular flexibility index (Phi) is 11.6. The Bertz CT molecular complexity index is 762. The highest BCUT2D eigenvalue weighted by molar-refractivity contribution is 4.90. The van der Waals surface area contributed by atoms with E-state index in [1.807, 2.05) is 27.7 Å². The quantitative estimate of drug-likeness (QED) is 0.411. The third-order valence-corrected chi connectivity index (χ3v) is 8.59. The predicted octanol–water partition coefficient (Wildman–Crippen LogP) is 1.51. The van der Waals surface area contributed by atoms with Crippen molar-refractivity contribution in [3.05, 3.63) is 0 Å². The van der Waals surface area contributed by atoms with Crippen LogP contribution in [0.1, 0.15) is 60.3 Å². The average Bonchev–Trinajstić information content (AvgIpc) is 2.90. The fourth-order valence-electron chi connectivity index (χ4n) is 6.37. The summed E-state index contributed by atoms with van der Waals surface area (Å²) in [5.74, 6) is 0. The molecular weight excluding hydrogens is 528 g/mol. The molecule has 0 aromatic carbocycles. The van der Waals surface area contributed by atoms with Crippen LogP contribution in [0.25, 0.3) is 0 Å². The van der Waals surface area contributed by atoms with E-state index in [-0.39, 0.29) is 49.1 Å². The van der Waals surface area contributed by atoms with E-state index in [4.69, 9.17) is 47.4 Å². The molecule has 6 unspecified atom stereocenters. The molecule has 12 nitrogen and oxygen atoms in total. The lowest BCUT2D eigenvalue weighted by Crippen LogP contribution is -2.57. The van der Waals surface area contributed by atoms with Gasteiger partial charge in [0.2, 0.25) is 0 Å². The van der Waals surface area contributed by atoms with Gasteiger partial charge in [-0.3, -0.25) is 0 Å². The zero-order valence-corrected chi connectivity index (χ0v) is 25.0. The summed E-state index contributed by atoms with van der Waals surface area (Å²) in [6.07, 6.45) is -5.12. The largest absolute Gasteiger partial charge is 0.390 e. The average molecular weight is 579 g/mol. The lowest BCUT2D eigenvalue weighted by atomic mass is 9.98. The zero-order valence-electron chi connectivity index (χ0n) is 25.0. The van der Waals surface area contributed by atoms with Gasteiger partial charge in [-0.2, -0.15) is 0 Å². The standard InChI is InChI=1S/C28H50O12/c1-13-9-20(32-7)27(16(4)34-13)39-22-10-18(29)26(15(3)36-22)38-24-12-21(33-8)28(17(5)37-24)40-23-11-19(31-6)25(30)14(2)35-23/h13-30H,9-12H2,1-8H3/t13?,14?,15?,16-,17?,18?,19-,20+,21+,22+,23?,24+,25-,26-,27-,28-/m1/s1. The van der Waals surface area contributed by atoms with Crippen molar-refractivity contribution in [3.8, 4) is 0 Å². The number of rotatable bonds is 9. The SMILES string of the molecule is CO[C@H]1CC(C)O[C@H](C)[C@H]1O[C@H]1CC(O)[C@H](O[C@H]2C[C@H](OC)[C@H](OC3C[C@@H](OC)[C@H](O)C(C)O3)C(C)O2)C(C)O1. The molecule has 0 amide bonds. The molecule has 0 aromatic heterocycles. The summed E-state index contributed by atoms with van der Waals surface area (Å²) in [6.45, 7) is 9.52. The maximum absolute atomic E-state index is 11.0. The van der Waals surface area contributed by atoms with E-state index < -0.39 is 55.5 Å². The Labute approximate surface area is 237 Å². The van der Waals surface area contributed by atoms with Crippen molar-refractivity contribution in [2.45, 2.75) is 159 Å². The second-order valence-corrected chi connectivity index (χ2v) is 11.6. The number of hydrogen-bond donors (Lipinski definition) is 2. The topological polar surface area (TPSA) is 133 Å². The Balaban J connectivity index is 1.31. The second-order valence-electron chi connectivity index (χ2n) is 11.6. The van der Waals surface area contributed by atoms with Gasteiger partial charge in [0, 0.05) is 47.0 Å². The fraction of sp³-hybridized carbons (Fsp3) is 1.00. The van der Waals surface area contributed by atoms with Gasteiger partial charge in [0.1, 0.15) is 24.4 Å². The third kappa shape index (κ3) is 7.53. The minimum atomic E-state index is -0.822. The first-order valence-corrected chi connectivity index (χ1v) is 14.6. The van der Waals surface area contributed by atoms with Crippen LogP contribution in [0.3, 0.4) is 0 Å². The molecule has 0 saturated carbocycles. The Morgan fingerprint density at radius 1 is 0.500 bits per heavy atom. The summed E-state index contributed by atoms with van der Waals surface area (Å²) in [6, 6.07) is 0. The molecule has 0 spiro atoms. The molecule has 12 heteroatoms. The highest BCUT2D eigenvalue weighted by atomic mass is 16.7. The van der Waals surface area contributed by atoms with E-state index in [0.717, 1.165) is 6.42 Å². The molecule has 4 heterocycles. The molecule has 234 valence electrons. The number of aliphatic hydroxyl groups excluding tert-OH is 2. The van der Waals surface area contributed by atoms with Crippen molar-refractivity contribution in [2.75, 3.05) is 21.3 Å². The van der Waals surface area contributed by atoms with Gasteiger partial charge in [-0.05, 0) is 34.6 Å². The summed E-state index contributed by atoms with van der Waals surface area (Å²) in [5.41, 5.74) is 0. The maximum atomic E-state index is 11.0. The van der Waals surface area contributed by atoms with Crippen LogP contribution in [0.5, 0.6) is 0 Å². The zero-order chi connectivity index (χ0) is 29.1. The van der Waals surface area contributed by atoms with Gasteiger partial charge in [0.25, 0.3) is 0 Å². The molecule has 4 aliphatic heterocycles. The van der Waals surface area contributed by atoms with Gasteiger partial charge in [0.05, 0.1) is 54.9 Å². The first-order chi connectivity index (χ1) is 19.0. The smallest absolute Gasteiger partial charge is 0.161 e. The van der Waals surface area contributed by atoms with E-state index in [2.05, 4.69) is 0 Å². The minimum absolute atomic E-state index is 0.0853. The summed E-state index contributed by atoms with van der Waals surface area (Å²) in [4.78, 5) is 0. The summed E-state index contributed by atoms with van der Waals surface area (Å²) in [7, 11) is 4.86. The predicted molar refractivity (Wildman–Crippen MR) is 141 cm³/mol. The maximum Gasteiger partial charge on any atom is 0.161 e. The molecule has 40 heavy (non-hydrogen) atoms. The Morgan fingerprint density at radius 3 is 1.48 bits per heavy atom. The van der Waals surface area contributed by atoms with Crippen LogP contribution in [0.4, 0.5) is 0 Å². The van der Waals surface area contributed by atoms with E-state index in [1.54, 1.807) is 28.3 Å². The molecule has 0 bridgehead atoms. The van der Waals surface area contributed by atoms with Crippen molar-refractivity contribution in [1.29, 1.82) is 0 Å². The second kappa shape index (κ2) is 14.3. The molecule has 16 atom stereocenters. The van der Waals surface area contributed by atoms with E-state index in [9.17, 15) is 10.2 Å². The number of methoxy groups -OCH3 is 3. The van der Waals surface area contributed by atoms with E-state index >= 15 is 0 Å². The van der Waals surface area contributed by atoms with Crippen molar-refractivity contribution in [1.82, 2.24) is 0 Å². The van der Waals surface area contributed by atoms with Crippen LogP contribution in [-0.4, -0.2) is 130 Å². The van der Waals surface area contributed by atoms with Gasteiger partial charge in [-0.25, -0.2) is 0 Å². The number of hydrogen-bond acceptors (Lipinski definition) is 12. The molecule has 2 N–H and O–H groups in total. The molecular formula is C28H50O12. The van der Waals surface area contributed by atoms with Crippen LogP contribution >= 0.6 is 0 Å². The molecule has 0 aromatic rings. The van der Waals surface area contributed by atoms with E-state index in [1.165, 1.54) is 0 Å². The summed E-state index contributed by atoms with van der Waals surface area (Å²) in [5, 5.41) is 21.3. The molecule has 4 rings (SSSR count). The molecule has 4 fully saturated rings. The Hall–Kier alpha value is -0.480. The van der Waals surface area contributed by atoms with Crippen LogP contribution in [-0.2, 0) is 47.4 Å². The first kappa shape index (κ1) is 32.4. The molecule has 4 saturated heterocycles. The highest BCUT2D eigenvalue weighted by Crippen LogP contribution is 2.34. The minimum Gasteiger partial charge on any atom is -0.390 e. The van der Waals surface area contributed by atoms with Gasteiger partial charge in [0.15, 0.2) is 18.9 Å². The van der Waals surface area contributed by atoms with Crippen LogP contribution in [0, 0.1) is 0 Å². The van der Waals surface area contributed by atoms with Crippen molar-refractivity contribution < 1.29 is 57.6 Å². The summed E-state index contributed by atoms with van der Waals surface area (Å²) >= 11 is 0. The van der Waals surface area contributed by atoms with Gasteiger partial charge in [-0.15, -0.1) is 0 Å². The normalized spacial score (nSPS) is 50.5. The van der Waals surface area contributed by atoms with Crippen LogP contribution < -0.4 is 0 Å². The van der Waals surface area contributed by atoms with E-state index in [0.29, 0.717) is 12.8 Å². The molecule has 0 radical (unpaired) electrons. The highest BCUT2D eigenvalue weighted by Gasteiger charge is 2.46. The van der Waals surface area contributed by atoms with Crippen molar-refractivity contribution in [3.63, 3.8) is 0 Å². The number of aliphatic hydroxyl groups is 2. The van der Waals surface area contributed by atoms with Crippen LogP contribution in [0.15, 0.2) is 0 Å². The van der Waals surface area contributed by atoms with Crippen LogP contribution in [0.2, 0.25) is 0 Å². The van der Waals surface area contributed by atoms with Gasteiger partial charge >= 0.3 is 0 Å². The number of ether oxygens (including phenoxy) is 10. The third-order valence-electron chi connectivity index (χ3n) is 8.59. The first-order valence-electron chi connectivity index (χ1n) is 14.6. The lowest BCUT2D eigenvalue weighted by Gasteiger charge is -2.46. The monoisotopic (exact) mass is 578 g/mol. The summed E-state index contributed by atoms with van der Waals surface area (Å²) < 4.78 is 59.8.